The summed E-state index contributed by atoms with van der Waals surface area (Å²) >= 11 is 0. The first-order valence-electron chi connectivity index (χ1n) is 12.9. The van der Waals surface area contributed by atoms with Crippen molar-refractivity contribution in [1.29, 1.82) is 0 Å². The summed E-state index contributed by atoms with van der Waals surface area (Å²) in [6.45, 7) is 6.48. The van der Waals surface area contributed by atoms with Gasteiger partial charge in [0.2, 0.25) is 0 Å². The summed E-state index contributed by atoms with van der Waals surface area (Å²) in [5.74, 6) is -1.84. The molecule has 210 valence electrons. The SMILES string of the molecule is CCCN1CCN(c2ccc(NC(=O)C3=CN=C(c4c(-c5ccc(F)cc5)ncn4C(F)(F)F)C3)c(F)c2)CC1. The van der Waals surface area contributed by atoms with Gasteiger partial charge in [-0.15, -0.1) is 13.2 Å². The van der Waals surface area contributed by atoms with Gasteiger partial charge in [0.15, 0.2) is 0 Å². The molecule has 0 unspecified atom stereocenters. The van der Waals surface area contributed by atoms with E-state index in [1.165, 1.54) is 24.3 Å². The number of rotatable bonds is 7. The molecule has 2 aliphatic rings. The molecule has 7 nitrogen and oxygen atoms in total. The predicted octanol–water partition coefficient (Wildman–Crippen LogP) is 5.55. The van der Waals surface area contributed by atoms with Gasteiger partial charge in [-0.25, -0.2) is 18.3 Å². The van der Waals surface area contributed by atoms with E-state index < -0.39 is 23.8 Å². The summed E-state index contributed by atoms with van der Waals surface area (Å²) in [6.07, 6.45) is -2.18. The fourth-order valence-electron chi connectivity index (χ4n) is 4.90. The molecule has 2 aliphatic heterocycles. The van der Waals surface area contributed by atoms with E-state index in [1.807, 2.05) is 0 Å². The van der Waals surface area contributed by atoms with Crippen molar-refractivity contribution in [1.82, 2.24) is 14.5 Å². The number of hydrogen-bond donors (Lipinski definition) is 1. The molecule has 0 atom stereocenters. The maximum absolute atomic E-state index is 14.9. The summed E-state index contributed by atoms with van der Waals surface area (Å²) in [5, 5.41) is 2.50. The molecule has 3 aromatic rings. The predicted molar refractivity (Wildman–Crippen MR) is 142 cm³/mol. The lowest BCUT2D eigenvalue weighted by Gasteiger charge is -2.36. The summed E-state index contributed by atoms with van der Waals surface area (Å²) < 4.78 is 69.6. The fourth-order valence-corrected chi connectivity index (χ4v) is 4.90. The van der Waals surface area contributed by atoms with Gasteiger partial charge in [0.25, 0.3) is 5.91 Å². The molecule has 12 heteroatoms. The van der Waals surface area contributed by atoms with Gasteiger partial charge in [-0.1, -0.05) is 6.92 Å². The molecule has 3 heterocycles. The molecule has 1 aromatic heterocycles. The maximum Gasteiger partial charge on any atom is 0.490 e. The first-order valence-corrected chi connectivity index (χ1v) is 12.9. The number of anilines is 2. The Labute approximate surface area is 227 Å². The van der Waals surface area contributed by atoms with Gasteiger partial charge in [0, 0.05) is 55.6 Å². The lowest BCUT2D eigenvalue weighted by molar-refractivity contribution is -0.204. The Morgan fingerprint density at radius 2 is 1.75 bits per heavy atom. The summed E-state index contributed by atoms with van der Waals surface area (Å²) in [6, 6.07) is 9.44. The number of amides is 1. The van der Waals surface area contributed by atoms with Crippen LogP contribution in [0, 0.1) is 11.6 Å². The van der Waals surface area contributed by atoms with Crippen LogP contribution in [0.1, 0.15) is 25.5 Å². The highest BCUT2D eigenvalue weighted by atomic mass is 19.4. The number of carbonyl (C=O) groups is 1. The molecule has 40 heavy (non-hydrogen) atoms. The van der Waals surface area contributed by atoms with Gasteiger partial charge in [-0.3, -0.25) is 14.7 Å². The maximum atomic E-state index is 14.9. The van der Waals surface area contributed by atoms with Crippen molar-refractivity contribution in [3.05, 3.63) is 77.9 Å². The number of halogens is 5. The van der Waals surface area contributed by atoms with Gasteiger partial charge in [0.1, 0.15) is 18.0 Å². The van der Waals surface area contributed by atoms with E-state index in [1.54, 1.807) is 6.07 Å². The number of imidazole rings is 1. The Balaban J connectivity index is 1.28. The van der Waals surface area contributed by atoms with Crippen LogP contribution in [-0.2, 0) is 11.1 Å². The lowest BCUT2D eigenvalue weighted by Crippen LogP contribution is -2.46. The Hall–Kier alpha value is -4.06. The highest BCUT2D eigenvalue weighted by Gasteiger charge is 2.37. The molecule has 0 aliphatic carbocycles. The van der Waals surface area contributed by atoms with Crippen LogP contribution in [0.2, 0.25) is 0 Å². The van der Waals surface area contributed by atoms with Crippen LogP contribution in [0.15, 0.2) is 65.6 Å². The number of benzene rings is 2. The Morgan fingerprint density at radius 3 is 2.40 bits per heavy atom. The number of alkyl halides is 3. The minimum absolute atomic E-state index is 0.0136. The summed E-state index contributed by atoms with van der Waals surface area (Å²) in [4.78, 5) is 25.3. The van der Waals surface area contributed by atoms with Gasteiger partial charge < -0.3 is 10.2 Å². The average molecular weight is 559 g/mol. The summed E-state index contributed by atoms with van der Waals surface area (Å²) in [7, 11) is 0. The number of piperazine rings is 1. The van der Waals surface area contributed by atoms with Gasteiger partial charge >= 0.3 is 6.30 Å². The van der Waals surface area contributed by atoms with Crippen molar-refractivity contribution < 1.29 is 26.7 Å². The second kappa shape index (κ2) is 11.2. The topological polar surface area (TPSA) is 65.8 Å². The van der Waals surface area contributed by atoms with E-state index in [0.717, 1.165) is 57.5 Å². The van der Waals surface area contributed by atoms with E-state index in [-0.39, 0.29) is 44.9 Å². The zero-order valence-corrected chi connectivity index (χ0v) is 21.7. The third kappa shape index (κ3) is 5.76. The zero-order valence-electron chi connectivity index (χ0n) is 21.7. The Kier molecular flexibility index (Phi) is 7.70. The van der Waals surface area contributed by atoms with Gasteiger partial charge in [0.05, 0.1) is 22.8 Å². The molecule has 1 amide bonds. The standard InChI is InChI=1S/C28H27F5N6O/c1-2-9-37-10-12-38(13-11-37)21-7-8-23(22(30)15-21)36-27(40)19-14-24(34-16-19)26-25(18-3-5-20(29)6-4-18)35-17-39(26)28(31,32)33/h3-8,15-17H,2,9-14H2,1H3,(H,36,40). The van der Waals surface area contributed by atoms with Crippen molar-refractivity contribution in [2.75, 3.05) is 42.9 Å². The van der Waals surface area contributed by atoms with Crippen molar-refractivity contribution >= 4 is 23.0 Å². The minimum Gasteiger partial charge on any atom is -0.369 e. The summed E-state index contributed by atoms with van der Waals surface area (Å²) in [5.41, 5.74) is 0.541. The zero-order chi connectivity index (χ0) is 28.4. The third-order valence-electron chi connectivity index (χ3n) is 6.94. The van der Waals surface area contributed by atoms with E-state index in [4.69, 9.17) is 0 Å². The monoisotopic (exact) mass is 558 g/mol. The smallest absolute Gasteiger partial charge is 0.369 e. The number of nitrogens with one attached hydrogen (secondary N) is 1. The third-order valence-corrected chi connectivity index (χ3v) is 6.94. The van der Waals surface area contributed by atoms with Crippen LogP contribution in [-0.4, -0.2) is 58.8 Å². The van der Waals surface area contributed by atoms with Crippen LogP contribution < -0.4 is 10.2 Å². The minimum atomic E-state index is -4.80. The molecule has 0 bridgehead atoms. The molecule has 2 aromatic carbocycles. The molecule has 0 saturated carbocycles. The largest absolute Gasteiger partial charge is 0.490 e. The molecule has 1 N–H and O–H groups in total. The second-order valence-corrected chi connectivity index (χ2v) is 9.64. The van der Waals surface area contributed by atoms with E-state index in [0.29, 0.717) is 12.0 Å². The highest BCUT2D eigenvalue weighted by Crippen LogP contribution is 2.33. The molecule has 0 radical (unpaired) electrons. The van der Waals surface area contributed by atoms with E-state index in [2.05, 4.69) is 32.0 Å². The van der Waals surface area contributed by atoms with Crippen LogP contribution in [0.3, 0.4) is 0 Å². The van der Waals surface area contributed by atoms with Crippen LogP contribution in [0.25, 0.3) is 11.3 Å². The Bertz CT molecular complexity index is 1450. The molecular formula is C28H27F5N6O. The second-order valence-electron chi connectivity index (χ2n) is 9.64. The first-order chi connectivity index (χ1) is 19.1. The molecular weight excluding hydrogens is 531 g/mol. The molecule has 0 spiro atoms. The lowest BCUT2D eigenvalue weighted by atomic mass is 10.0. The van der Waals surface area contributed by atoms with Gasteiger partial charge in [-0.05, 0) is 55.4 Å². The quantitative estimate of drug-likeness (QED) is 0.386. The van der Waals surface area contributed by atoms with Crippen molar-refractivity contribution in [3.63, 3.8) is 0 Å². The number of aromatic nitrogens is 2. The number of hydrogen-bond acceptors (Lipinski definition) is 5. The number of carbonyl (C=O) groups excluding carboxylic acids is 1. The van der Waals surface area contributed by atoms with Crippen molar-refractivity contribution in [2.24, 2.45) is 4.99 Å². The first kappa shape index (κ1) is 27.5. The molecule has 5 rings (SSSR count). The van der Waals surface area contributed by atoms with Crippen LogP contribution >= 0.6 is 0 Å². The Morgan fingerprint density at radius 1 is 1.02 bits per heavy atom. The molecule has 1 fully saturated rings. The molecule has 1 saturated heterocycles. The van der Waals surface area contributed by atoms with Gasteiger partial charge in [-0.2, -0.15) is 0 Å². The van der Waals surface area contributed by atoms with E-state index >= 15 is 0 Å². The normalized spacial score (nSPS) is 16.2. The van der Waals surface area contributed by atoms with Crippen molar-refractivity contribution in [2.45, 2.75) is 26.1 Å². The average Bonchev–Trinajstić information content (AvgIpc) is 3.59. The number of nitrogens with zero attached hydrogens (tertiary/aromatic N) is 5. The highest BCUT2D eigenvalue weighted by molar-refractivity contribution is 6.14. The van der Waals surface area contributed by atoms with Crippen LogP contribution in [0.5, 0.6) is 0 Å². The fraction of sp³-hybridized carbons (Fsp3) is 0.321. The number of aliphatic imine (C=N–C) groups is 1. The van der Waals surface area contributed by atoms with E-state index in [9.17, 15) is 26.7 Å². The van der Waals surface area contributed by atoms with Crippen LogP contribution in [0.4, 0.5) is 33.3 Å². The van der Waals surface area contributed by atoms with Crippen molar-refractivity contribution in [3.8, 4) is 11.3 Å².